The highest BCUT2D eigenvalue weighted by molar-refractivity contribution is 7.93. The molecule has 4 N–H and O–H groups in total. The van der Waals surface area contributed by atoms with Gasteiger partial charge < -0.3 is 29.5 Å². The van der Waals surface area contributed by atoms with Crippen LogP contribution in [0.5, 0.6) is 0 Å². The first-order valence-electron chi connectivity index (χ1n) is 14.3. The molecule has 0 bridgehead atoms. The van der Waals surface area contributed by atoms with Gasteiger partial charge in [0, 0.05) is 49.7 Å². The van der Waals surface area contributed by atoms with Crippen LogP contribution in [-0.2, 0) is 21.8 Å². The molecule has 0 spiro atoms. The van der Waals surface area contributed by atoms with Crippen LogP contribution >= 0.6 is 0 Å². The van der Waals surface area contributed by atoms with Crippen molar-refractivity contribution < 1.29 is 28.5 Å². The molecule has 3 aromatic rings. The molecule has 1 unspecified atom stereocenters. The summed E-state index contributed by atoms with van der Waals surface area (Å²) in [6.45, 7) is 7.45. The van der Waals surface area contributed by atoms with E-state index in [1.807, 2.05) is 16.7 Å². The highest BCUT2D eigenvalue weighted by atomic mass is 32.2. The molecule has 2 aromatic carbocycles. The molecule has 11 heteroatoms. The fourth-order valence-electron chi connectivity index (χ4n) is 5.29. The summed E-state index contributed by atoms with van der Waals surface area (Å²) < 4.78 is 35.2. The molecule has 1 aromatic heterocycles. The second kappa shape index (κ2) is 13.4. The van der Waals surface area contributed by atoms with Crippen LogP contribution in [-0.4, -0.2) is 72.5 Å². The average Bonchev–Trinajstić information content (AvgIpc) is 3.34. The number of nitrogens with one attached hydrogen (secondary N) is 1. The van der Waals surface area contributed by atoms with Gasteiger partial charge in [0.05, 0.1) is 6.10 Å². The zero-order chi connectivity index (χ0) is 30.6. The summed E-state index contributed by atoms with van der Waals surface area (Å²) in [6, 6.07) is 18.0. The minimum Gasteiger partial charge on any atom is -0.390 e. The highest BCUT2D eigenvalue weighted by Gasteiger charge is 2.41. The van der Waals surface area contributed by atoms with E-state index in [-0.39, 0.29) is 0 Å². The lowest BCUT2D eigenvalue weighted by atomic mass is 9.92. The predicted octanol–water partition coefficient (Wildman–Crippen LogP) is 3.33. The topological polar surface area (TPSA) is 148 Å². The zero-order valence-corrected chi connectivity index (χ0v) is 25.3. The number of anilines is 1. The Morgan fingerprint density at radius 2 is 1.71 bits per heavy atom. The Labute approximate surface area is 247 Å². The monoisotopic (exact) mass is 596 g/mol. The fraction of sp³-hybridized carbons (Fsp3) is 0.452. The first-order valence-corrected chi connectivity index (χ1v) is 15.7. The number of aromatic nitrogens is 1. The largest absolute Gasteiger partial charge is 0.390 e. The summed E-state index contributed by atoms with van der Waals surface area (Å²) in [4.78, 5) is 1.88. The number of hydrogen-bond donors (Lipinski definition) is 4. The molecule has 0 aliphatic carbocycles. The van der Waals surface area contributed by atoms with Gasteiger partial charge in [-0.05, 0) is 65.6 Å². The van der Waals surface area contributed by atoms with Crippen molar-refractivity contribution in [2.45, 2.75) is 58.2 Å². The molecule has 10 nitrogen and oxygen atoms in total. The maximum atomic E-state index is 13.0. The number of aliphatic hydroxyl groups is 3. The first-order chi connectivity index (χ1) is 20.0. The molecule has 4 rings (SSSR count). The van der Waals surface area contributed by atoms with Gasteiger partial charge in [-0.25, -0.2) is 13.1 Å². The van der Waals surface area contributed by atoms with E-state index in [0.717, 1.165) is 48.0 Å². The summed E-state index contributed by atoms with van der Waals surface area (Å²) in [5, 5.41) is 42.2. The number of nitrogens with zero attached hydrogens (tertiary/aromatic N) is 3. The minimum absolute atomic E-state index is 0.435. The Balaban J connectivity index is 1.54. The Morgan fingerprint density at radius 1 is 1.05 bits per heavy atom. The van der Waals surface area contributed by atoms with Gasteiger partial charge in [0.2, 0.25) is 0 Å². The third kappa shape index (κ3) is 6.70. The number of allylic oxidation sites excluding steroid dienone is 1. The van der Waals surface area contributed by atoms with Crippen molar-refractivity contribution in [2.24, 2.45) is 13.0 Å². The van der Waals surface area contributed by atoms with Crippen molar-refractivity contribution in [3.8, 4) is 17.3 Å². The van der Waals surface area contributed by atoms with Crippen molar-refractivity contribution in [1.82, 2.24) is 9.29 Å². The van der Waals surface area contributed by atoms with E-state index in [9.17, 15) is 29.0 Å². The molecule has 2 heterocycles. The summed E-state index contributed by atoms with van der Waals surface area (Å²) in [5.74, 6) is -0.740. The smallest absolute Gasteiger partial charge is 0.250 e. The van der Waals surface area contributed by atoms with Crippen LogP contribution < -0.4 is 9.62 Å². The minimum atomic E-state index is -4.28. The van der Waals surface area contributed by atoms with Crippen molar-refractivity contribution in [3.63, 3.8) is 0 Å². The Hall–Kier alpha value is -3.24. The number of aliphatic hydroxyl groups excluding tert-OH is 3. The number of benzene rings is 2. The van der Waals surface area contributed by atoms with Crippen LogP contribution in [0, 0.1) is 17.2 Å². The number of fused-ring (bicyclic) bond motifs is 1. The van der Waals surface area contributed by atoms with Gasteiger partial charge in [0.25, 0.3) is 10.0 Å². The summed E-state index contributed by atoms with van der Waals surface area (Å²) >= 11 is 0. The Bertz CT molecular complexity index is 1570. The van der Waals surface area contributed by atoms with Gasteiger partial charge in [-0.3, -0.25) is 0 Å². The molecule has 1 fully saturated rings. The van der Waals surface area contributed by atoms with Crippen molar-refractivity contribution in [3.05, 3.63) is 59.1 Å². The van der Waals surface area contributed by atoms with Crippen LogP contribution in [0.15, 0.2) is 53.4 Å². The van der Waals surface area contributed by atoms with E-state index in [1.165, 1.54) is 18.7 Å². The first kappa shape index (κ1) is 31.7. The van der Waals surface area contributed by atoms with Crippen molar-refractivity contribution in [1.29, 1.82) is 5.26 Å². The molecular formula is C31H40N4O6S. The number of sulfonamides is 1. The van der Waals surface area contributed by atoms with Gasteiger partial charge in [0.1, 0.15) is 18.3 Å². The molecule has 5 atom stereocenters. The lowest BCUT2D eigenvalue weighted by molar-refractivity contribution is -0.257. The molecule has 0 amide bonds. The van der Waals surface area contributed by atoms with E-state index in [2.05, 4.69) is 53.8 Å². The number of rotatable bonds is 11. The lowest BCUT2D eigenvalue weighted by Gasteiger charge is -2.39. The van der Waals surface area contributed by atoms with Crippen molar-refractivity contribution in [2.75, 3.05) is 24.5 Å². The molecule has 1 aliphatic heterocycles. The second-order valence-corrected chi connectivity index (χ2v) is 12.5. The van der Waals surface area contributed by atoms with Gasteiger partial charge in [0.15, 0.2) is 11.2 Å². The molecule has 42 heavy (non-hydrogen) atoms. The van der Waals surface area contributed by atoms with Crippen LogP contribution in [0.1, 0.15) is 39.3 Å². The van der Waals surface area contributed by atoms with Gasteiger partial charge >= 0.3 is 0 Å². The fourth-order valence-corrected chi connectivity index (χ4v) is 6.22. The summed E-state index contributed by atoms with van der Waals surface area (Å²) in [5.41, 5.74) is 3.51. The SMILES string of the molecule is CCCN(CCC)c1ccc2cc(-c3ccc(/C=C(\C#N)S(=O)(=O)NC[C@H]4OC(O)[C@H](C)[C@@H](O)[C@@H]4O)n3C)ccc2c1. The lowest BCUT2D eigenvalue weighted by Crippen LogP contribution is -2.56. The zero-order valence-electron chi connectivity index (χ0n) is 24.4. The predicted molar refractivity (Wildman–Crippen MR) is 164 cm³/mol. The highest BCUT2D eigenvalue weighted by Crippen LogP contribution is 2.30. The number of ether oxygens (including phenoxy) is 1. The Kier molecular flexibility index (Phi) is 10.1. The molecule has 1 saturated heterocycles. The average molecular weight is 597 g/mol. The third-order valence-corrected chi connectivity index (χ3v) is 9.15. The third-order valence-electron chi connectivity index (χ3n) is 7.82. The molecule has 0 radical (unpaired) electrons. The maximum absolute atomic E-state index is 13.0. The number of hydrogen-bond acceptors (Lipinski definition) is 8. The molecular weight excluding hydrogens is 556 g/mol. The van der Waals surface area contributed by atoms with Crippen molar-refractivity contribution >= 4 is 32.6 Å². The van der Waals surface area contributed by atoms with Crippen LogP contribution in [0.3, 0.4) is 0 Å². The van der Waals surface area contributed by atoms with Gasteiger partial charge in [-0.2, -0.15) is 5.26 Å². The van der Waals surface area contributed by atoms with E-state index in [1.54, 1.807) is 19.2 Å². The quantitative estimate of drug-likeness (QED) is 0.247. The van der Waals surface area contributed by atoms with Crippen LogP contribution in [0.25, 0.3) is 28.1 Å². The van der Waals surface area contributed by atoms with E-state index in [4.69, 9.17) is 4.74 Å². The van der Waals surface area contributed by atoms with E-state index < -0.39 is 52.0 Å². The molecule has 226 valence electrons. The van der Waals surface area contributed by atoms with E-state index in [0.29, 0.717) is 5.69 Å². The molecule has 0 saturated carbocycles. The standard InChI is InChI=1S/C31H40N4O6S/c1-5-13-35(14-6-2)25-10-9-21-15-23(8-7-22(21)16-25)27-12-11-24(34(27)4)17-26(18-32)42(39,40)33-19-28-30(37)29(36)20(3)31(38)41-28/h7-12,15-17,20,28-31,33,36-38H,5-6,13-14,19H2,1-4H3/b26-17+/t20-,28-,29-,30-,31?/m1/s1. The Morgan fingerprint density at radius 3 is 2.38 bits per heavy atom. The maximum Gasteiger partial charge on any atom is 0.250 e. The van der Waals surface area contributed by atoms with Gasteiger partial charge in [-0.15, -0.1) is 0 Å². The molecule has 1 aliphatic rings. The normalized spacial score (nSPS) is 23.2. The summed E-state index contributed by atoms with van der Waals surface area (Å²) in [6.07, 6.45) is -1.80. The number of nitriles is 1. The van der Waals surface area contributed by atoms with Gasteiger partial charge in [-0.1, -0.05) is 39.0 Å². The second-order valence-electron chi connectivity index (χ2n) is 10.8. The van der Waals surface area contributed by atoms with E-state index >= 15 is 0 Å². The van der Waals surface area contributed by atoms with Crippen LogP contribution in [0.4, 0.5) is 5.69 Å². The summed E-state index contributed by atoms with van der Waals surface area (Å²) in [7, 11) is -2.49. The van der Waals surface area contributed by atoms with Crippen LogP contribution in [0.2, 0.25) is 0 Å².